The minimum Gasteiger partial charge on any atom is -0.321 e. The molecule has 3 N–H and O–H groups in total. The maximum absolute atomic E-state index is 13.1. The number of rotatable bonds is 4. The van der Waals surface area contributed by atoms with E-state index in [2.05, 4.69) is 16.1 Å². The maximum atomic E-state index is 13.1. The molecule has 1 heterocycles. The van der Waals surface area contributed by atoms with Gasteiger partial charge in [-0.1, -0.05) is 35.3 Å². The second-order valence-corrected chi connectivity index (χ2v) is 8.80. The Labute approximate surface area is 218 Å². The van der Waals surface area contributed by atoms with Gasteiger partial charge in [-0.15, -0.1) is 0 Å². The molecule has 4 aromatic rings. The summed E-state index contributed by atoms with van der Waals surface area (Å²) in [5, 5.41) is 6.08. The zero-order chi connectivity index (χ0) is 26.9. The minimum atomic E-state index is -4.63. The van der Waals surface area contributed by atoms with Crippen molar-refractivity contribution in [3.8, 4) is 0 Å². The van der Waals surface area contributed by atoms with Crippen molar-refractivity contribution >= 4 is 63.2 Å². The van der Waals surface area contributed by atoms with E-state index in [1.165, 1.54) is 24.3 Å². The Bertz CT molecular complexity index is 1550. The normalized spacial score (nSPS) is 11.3. The lowest BCUT2D eigenvalue weighted by Gasteiger charge is -2.13. The molecule has 1 aromatic heterocycles. The van der Waals surface area contributed by atoms with Gasteiger partial charge in [0.1, 0.15) is 5.69 Å². The minimum absolute atomic E-state index is 0.0471. The van der Waals surface area contributed by atoms with Crippen LogP contribution in [0.1, 0.15) is 21.6 Å². The van der Waals surface area contributed by atoms with E-state index < -0.39 is 29.5 Å². The third-order valence-electron chi connectivity index (χ3n) is 5.29. The van der Waals surface area contributed by atoms with Gasteiger partial charge in [-0.2, -0.15) is 13.2 Å². The summed E-state index contributed by atoms with van der Waals surface area (Å²) >= 11 is 12.2. The van der Waals surface area contributed by atoms with Crippen molar-refractivity contribution in [1.82, 2.24) is 4.68 Å². The summed E-state index contributed by atoms with van der Waals surface area (Å²) in [5.41, 5.74) is 2.60. The first-order valence-corrected chi connectivity index (χ1v) is 11.4. The van der Waals surface area contributed by atoms with Crippen LogP contribution in [-0.4, -0.2) is 22.4 Å². The summed E-state index contributed by atoms with van der Waals surface area (Å²) in [7, 11) is 0. The fourth-order valence-corrected chi connectivity index (χ4v) is 3.81. The molecule has 0 aliphatic heterocycles. The van der Waals surface area contributed by atoms with Gasteiger partial charge in [0, 0.05) is 26.8 Å². The Morgan fingerprint density at radius 2 is 1.57 bits per heavy atom. The Kier molecular flexibility index (Phi) is 7.15. The Hall–Kier alpha value is -4.02. The summed E-state index contributed by atoms with van der Waals surface area (Å²) in [6.45, 7) is 1.80. The molecule has 0 radical (unpaired) electrons. The van der Waals surface area contributed by atoms with Gasteiger partial charge in [-0.25, -0.2) is 4.68 Å². The molecule has 7 nitrogen and oxygen atoms in total. The van der Waals surface area contributed by atoms with Gasteiger partial charge in [0.2, 0.25) is 0 Å². The third kappa shape index (κ3) is 5.87. The molecule has 3 amide bonds. The molecule has 0 unspecified atom stereocenters. The van der Waals surface area contributed by atoms with Crippen molar-refractivity contribution in [3.63, 3.8) is 0 Å². The fourth-order valence-electron chi connectivity index (χ4n) is 3.45. The monoisotopic (exact) mass is 548 g/mol. The van der Waals surface area contributed by atoms with Crippen LogP contribution in [0, 0.1) is 6.92 Å². The van der Waals surface area contributed by atoms with E-state index in [0.29, 0.717) is 32.7 Å². The molecular formula is C25H17Cl2F3N4O3. The quantitative estimate of drug-likeness (QED) is 0.264. The van der Waals surface area contributed by atoms with Gasteiger partial charge in [-0.05, 0) is 67.1 Å². The molecular weight excluding hydrogens is 532 g/mol. The number of nitrogens with zero attached hydrogens (tertiary/aromatic N) is 1. The average Bonchev–Trinajstić information content (AvgIpc) is 3.18. The molecule has 0 aliphatic rings. The molecule has 190 valence electrons. The number of amides is 3. The average molecular weight is 549 g/mol. The van der Waals surface area contributed by atoms with Crippen molar-refractivity contribution in [2.75, 3.05) is 16.1 Å². The number of fused-ring (bicyclic) bond motifs is 1. The lowest BCUT2D eigenvalue weighted by Crippen LogP contribution is -2.36. The zero-order valence-electron chi connectivity index (χ0n) is 18.9. The molecule has 3 aromatic carbocycles. The number of hydrogen-bond acceptors (Lipinski definition) is 3. The number of carbonyl (C=O) groups is 3. The summed E-state index contributed by atoms with van der Waals surface area (Å²) in [6.07, 6.45) is -4.63. The van der Waals surface area contributed by atoms with E-state index in [1.54, 1.807) is 31.2 Å². The summed E-state index contributed by atoms with van der Waals surface area (Å²) in [4.78, 5) is 38.3. The number of alkyl halides is 3. The number of carbonyl (C=O) groups excluding carboxylic acids is 3. The van der Waals surface area contributed by atoms with E-state index in [0.717, 1.165) is 22.4 Å². The number of aryl methyl sites for hydroxylation is 1. The summed E-state index contributed by atoms with van der Waals surface area (Å²) in [5.74, 6) is -3.10. The zero-order valence-corrected chi connectivity index (χ0v) is 20.4. The van der Waals surface area contributed by atoms with Crippen LogP contribution in [-0.2, 0) is 15.8 Å². The standard InChI is InChI=1S/C25H17Cl2F3N4O3/c1-13-5-7-18(12-19(13)27)31-22(35)21-10-14-9-16(26)6-8-20(14)34(21)33-24(37)23(36)32-17-4-2-3-15(11-17)25(28,29)30/h2-12H,1H3,(H,31,35)(H,32,36)(H,33,37). The number of nitrogens with one attached hydrogen (secondary N) is 3. The van der Waals surface area contributed by atoms with Crippen LogP contribution in [0.3, 0.4) is 0 Å². The topological polar surface area (TPSA) is 92.2 Å². The van der Waals surface area contributed by atoms with Crippen LogP contribution in [0.5, 0.6) is 0 Å². The molecule has 0 bridgehead atoms. The van der Waals surface area contributed by atoms with Crippen molar-refractivity contribution in [2.24, 2.45) is 0 Å². The number of aromatic nitrogens is 1. The lowest BCUT2D eigenvalue weighted by molar-refractivity contribution is -0.137. The molecule has 37 heavy (non-hydrogen) atoms. The third-order valence-corrected chi connectivity index (χ3v) is 5.94. The highest BCUT2D eigenvalue weighted by molar-refractivity contribution is 6.42. The number of hydrogen-bond donors (Lipinski definition) is 3. The molecule has 12 heteroatoms. The first kappa shape index (κ1) is 26.1. The Morgan fingerprint density at radius 3 is 2.27 bits per heavy atom. The molecule has 0 spiro atoms. The molecule has 0 atom stereocenters. The van der Waals surface area contributed by atoms with Crippen molar-refractivity contribution in [2.45, 2.75) is 13.1 Å². The Morgan fingerprint density at radius 1 is 0.838 bits per heavy atom. The molecule has 4 rings (SSSR count). The predicted octanol–water partition coefficient (Wildman–Crippen LogP) is 6.24. The highest BCUT2D eigenvalue weighted by Gasteiger charge is 2.30. The SMILES string of the molecule is Cc1ccc(NC(=O)c2cc3cc(Cl)ccc3n2NC(=O)C(=O)Nc2cccc(C(F)(F)F)c2)cc1Cl. The largest absolute Gasteiger partial charge is 0.416 e. The van der Waals surface area contributed by atoms with E-state index in [4.69, 9.17) is 23.2 Å². The number of benzene rings is 3. The first-order chi connectivity index (χ1) is 17.4. The maximum Gasteiger partial charge on any atom is 0.416 e. The second-order valence-electron chi connectivity index (χ2n) is 7.96. The molecule has 0 fully saturated rings. The predicted molar refractivity (Wildman–Crippen MR) is 136 cm³/mol. The summed E-state index contributed by atoms with van der Waals surface area (Å²) < 4.78 is 40.0. The second kappa shape index (κ2) is 10.2. The van der Waals surface area contributed by atoms with Gasteiger partial charge >= 0.3 is 18.0 Å². The number of anilines is 2. The van der Waals surface area contributed by atoms with Gasteiger partial charge in [0.25, 0.3) is 5.91 Å². The summed E-state index contributed by atoms with van der Waals surface area (Å²) in [6, 6.07) is 14.8. The Balaban J connectivity index is 1.61. The highest BCUT2D eigenvalue weighted by atomic mass is 35.5. The van der Waals surface area contributed by atoms with Crippen LogP contribution in [0.4, 0.5) is 24.5 Å². The molecule has 0 saturated carbocycles. The van der Waals surface area contributed by atoms with Crippen LogP contribution in [0.15, 0.2) is 66.7 Å². The van der Waals surface area contributed by atoms with Gasteiger partial charge in [-0.3, -0.25) is 19.8 Å². The van der Waals surface area contributed by atoms with E-state index in [9.17, 15) is 27.6 Å². The van der Waals surface area contributed by atoms with Crippen molar-refractivity contribution < 1.29 is 27.6 Å². The van der Waals surface area contributed by atoms with Crippen LogP contribution >= 0.6 is 23.2 Å². The van der Waals surface area contributed by atoms with Crippen LogP contribution in [0.25, 0.3) is 10.9 Å². The van der Waals surface area contributed by atoms with Crippen molar-refractivity contribution in [1.29, 1.82) is 0 Å². The van der Waals surface area contributed by atoms with Gasteiger partial charge in [0.05, 0.1) is 11.1 Å². The van der Waals surface area contributed by atoms with Gasteiger partial charge < -0.3 is 10.6 Å². The highest BCUT2D eigenvalue weighted by Crippen LogP contribution is 2.30. The molecule has 0 aliphatic carbocycles. The van der Waals surface area contributed by atoms with Crippen LogP contribution in [0.2, 0.25) is 10.0 Å². The van der Waals surface area contributed by atoms with E-state index in [1.807, 2.05) is 0 Å². The first-order valence-electron chi connectivity index (χ1n) is 10.6. The number of halogens is 5. The van der Waals surface area contributed by atoms with Crippen molar-refractivity contribution in [3.05, 3.63) is 93.6 Å². The van der Waals surface area contributed by atoms with Crippen LogP contribution < -0.4 is 16.1 Å². The van der Waals surface area contributed by atoms with Gasteiger partial charge in [0.15, 0.2) is 0 Å². The van der Waals surface area contributed by atoms with E-state index in [-0.39, 0.29) is 11.4 Å². The lowest BCUT2D eigenvalue weighted by atomic mass is 10.2. The van der Waals surface area contributed by atoms with E-state index >= 15 is 0 Å². The smallest absolute Gasteiger partial charge is 0.321 e. The molecule has 0 saturated heterocycles. The fraction of sp³-hybridized carbons (Fsp3) is 0.0800.